The van der Waals surface area contributed by atoms with Crippen LogP contribution in [0.3, 0.4) is 0 Å². The van der Waals surface area contributed by atoms with Gasteiger partial charge in [-0.05, 0) is 47.7 Å². The molecule has 2 aromatic carbocycles. The number of benzene rings is 2. The smallest absolute Gasteiger partial charge is 0.226 e. The van der Waals surface area contributed by atoms with Crippen molar-refractivity contribution in [2.24, 2.45) is 0 Å². The van der Waals surface area contributed by atoms with Crippen LogP contribution in [0.15, 0.2) is 64.5 Å². The number of hydrogen-bond acceptors (Lipinski definition) is 6. The summed E-state index contributed by atoms with van der Waals surface area (Å²) < 4.78 is 13.6. The van der Waals surface area contributed by atoms with Crippen LogP contribution in [0.4, 0.5) is 5.95 Å². The van der Waals surface area contributed by atoms with Crippen molar-refractivity contribution in [2.75, 3.05) is 19.5 Å². The summed E-state index contributed by atoms with van der Waals surface area (Å²) >= 11 is 3.48. The van der Waals surface area contributed by atoms with Crippen LogP contribution in [0.25, 0.3) is 0 Å². The normalized spacial score (nSPS) is 20.0. The molecule has 0 amide bonds. The topological polar surface area (TPSA) is 78.3 Å². The number of fused-ring (bicyclic) bond motifs is 1. The summed E-state index contributed by atoms with van der Waals surface area (Å²) in [5.41, 5.74) is 3.72. The number of halogens is 1. The molecular weight excluding hydrogens is 460 g/mol. The average molecular weight is 481 g/mol. The Morgan fingerprint density at radius 3 is 2.52 bits per heavy atom. The molecule has 0 bridgehead atoms. The van der Waals surface area contributed by atoms with Gasteiger partial charge in [-0.2, -0.15) is 10.1 Å². The molecule has 1 aromatic heterocycles. The standard InChI is InChI=1S/C23H21BrN4O3/c1-30-19-8-5-14(11-20(19)31-2)15-9-17-21(18(29)10-15)22(13-3-6-16(24)7-4-13)28-23(27-17)25-12-26-28/h3-8,11-12,15,22H,9-10H2,1-2H3,(H,25,26,27)/t15-,22+/m0/s1. The number of methoxy groups -OCH3 is 2. The van der Waals surface area contributed by atoms with Crippen molar-refractivity contribution in [3.8, 4) is 11.5 Å². The summed E-state index contributed by atoms with van der Waals surface area (Å²) in [6, 6.07) is 13.6. The Bertz CT molecular complexity index is 1190. The fourth-order valence-corrected chi connectivity index (χ4v) is 4.71. The number of anilines is 1. The van der Waals surface area contributed by atoms with Crippen molar-refractivity contribution in [2.45, 2.75) is 24.8 Å². The molecule has 2 aliphatic rings. The zero-order valence-electron chi connectivity index (χ0n) is 17.1. The van der Waals surface area contributed by atoms with Crippen molar-refractivity contribution in [3.63, 3.8) is 0 Å². The summed E-state index contributed by atoms with van der Waals surface area (Å²) in [4.78, 5) is 17.8. The van der Waals surface area contributed by atoms with Gasteiger partial charge in [0, 0.05) is 22.2 Å². The lowest BCUT2D eigenvalue weighted by molar-refractivity contribution is -0.116. The van der Waals surface area contributed by atoms with E-state index >= 15 is 0 Å². The number of nitrogens with zero attached hydrogens (tertiary/aromatic N) is 3. The predicted octanol–water partition coefficient (Wildman–Crippen LogP) is 4.47. The number of nitrogens with one attached hydrogen (secondary N) is 1. The maximum Gasteiger partial charge on any atom is 0.226 e. The van der Waals surface area contributed by atoms with Gasteiger partial charge in [0.25, 0.3) is 0 Å². The number of hydrogen-bond donors (Lipinski definition) is 1. The zero-order valence-corrected chi connectivity index (χ0v) is 18.7. The summed E-state index contributed by atoms with van der Waals surface area (Å²) in [5, 5.41) is 7.75. The van der Waals surface area contributed by atoms with Crippen molar-refractivity contribution < 1.29 is 14.3 Å². The molecular formula is C23H21BrN4O3. The number of ether oxygens (including phenoxy) is 2. The van der Waals surface area contributed by atoms with E-state index < -0.39 is 0 Å². The van der Waals surface area contributed by atoms with Gasteiger partial charge in [0.15, 0.2) is 17.3 Å². The van der Waals surface area contributed by atoms with E-state index in [1.807, 2.05) is 42.5 Å². The highest BCUT2D eigenvalue weighted by Gasteiger charge is 2.39. The molecule has 5 rings (SSSR count). The number of rotatable bonds is 4. The Hall–Kier alpha value is -3.13. The number of ketones is 1. The summed E-state index contributed by atoms with van der Waals surface area (Å²) in [6.45, 7) is 0. The number of allylic oxidation sites excluding steroid dienone is 2. The van der Waals surface area contributed by atoms with Gasteiger partial charge in [-0.15, -0.1) is 0 Å². The van der Waals surface area contributed by atoms with Crippen LogP contribution in [0.5, 0.6) is 11.5 Å². The molecule has 1 aliphatic carbocycles. The first kappa shape index (κ1) is 19.8. The van der Waals surface area contributed by atoms with Crippen LogP contribution in [0.1, 0.15) is 35.9 Å². The minimum absolute atomic E-state index is 0.0404. The fraction of sp³-hybridized carbons (Fsp3) is 0.261. The van der Waals surface area contributed by atoms with E-state index in [-0.39, 0.29) is 17.7 Å². The Labute approximate surface area is 188 Å². The van der Waals surface area contributed by atoms with E-state index in [1.165, 1.54) is 6.33 Å². The minimum atomic E-state index is -0.291. The van der Waals surface area contributed by atoms with Gasteiger partial charge >= 0.3 is 0 Å². The summed E-state index contributed by atoms with van der Waals surface area (Å²) in [7, 11) is 3.23. The Kier molecular flexibility index (Phi) is 5.02. The lowest BCUT2D eigenvalue weighted by atomic mass is 9.78. The lowest BCUT2D eigenvalue weighted by Crippen LogP contribution is -2.33. The molecule has 3 aromatic rings. The molecule has 0 unspecified atom stereocenters. The molecule has 2 atom stereocenters. The van der Waals surface area contributed by atoms with Gasteiger partial charge in [0.2, 0.25) is 5.95 Å². The van der Waals surface area contributed by atoms with Crippen molar-refractivity contribution in [1.29, 1.82) is 0 Å². The van der Waals surface area contributed by atoms with Crippen LogP contribution in [0.2, 0.25) is 0 Å². The first-order valence-corrected chi connectivity index (χ1v) is 10.8. The number of aromatic nitrogens is 3. The molecule has 31 heavy (non-hydrogen) atoms. The zero-order chi connectivity index (χ0) is 21.5. The Morgan fingerprint density at radius 1 is 1.03 bits per heavy atom. The quantitative estimate of drug-likeness (QED) is 0.593. The third-order valence-corrected chi connectivity index (χ3v) is 6.46. The van der Waals surface area contributed by atoms with E-state index in [1.54, 1.807) is 18.9 Å². The molecule has 7 nitrogen and oxygen atoms in total. The van der Waals surface area contributed by atoms with Gasteiger partial charge in [0.1, 0.15) is 12.4 Å². The van der Waals surface area contributed by atoms with Gasteiger partial charge in [-0.3, -0.25) is 4.79 Å². The second-order valence-corrected chi connectivity index (χ2v) is 8.56. The molecule has 0 saturated heterocycles. The predicted molar refractivity (Wildman–Crippen MR) is 119 cm³/mol. The summed E-state index contributed by atoms with van der Waals surface area (Å²) in [6.07, 6.45) is 2.65. The molecule has 0 fully saturated rings. The molecule has 0 spiro atoms. The monoisotopic (exact) mass is 480 g/mol. The molecule has 0 saturated carbocycles. The minimum Gasteiger partial charge on any atom is -0.493 e. The molecule has 1 N–H and O–H groups in total. The van der Waals surface area contributed by atoms with Gasteiger partial charge < -0.3 is 14.8 Å². The Balaban J connectivity index is 1.55. The molecule has 0 radical (unpaired) electrons. The third-order valence-electron chi connectivity index (χ3n) is 5.93. The molecule has 2 heterocycles. The van der Waals surface area contributed by atoms with E-state index in [4.69, 9.17) is 9.47 Å². The van der Waals surface area contributed by atoms with Crippen LogP contribution >= 0.6 is 15.9 Å². The maximum atomic E-state index is 13.4. The van der Waals surface area contributed by atoms with Crippen LogP contribution in [-0.2, 0) is 4.79 Å². The second kappa shape index (κ2) is 7.85. The number of carbonyl (C=O) groups is 1. The second-order valence-electron chi connectivity index (χ2n) is 7.64. The van der Waals surface area contributed by atoms with Crippen molar-refractivity contribution in [1.82, 2.24) is 14.8 Å². The van der Waals surface area contributed by atoms with Crippen molar-refractivity contribution in [3.05, 3.63) is 75.7 Å². The van der Waals surface area contributed by atoms with Crippen LogP contribution in [0, 0.1) is 0 Å². The average Bonchev–Trinajstić information content (AvgIpc) is 3.26. The van der Waals surface area contributed by atoms with E-state index in [9.17, 15) is 4.79 Å². The molecule has 1 aliphatic heterocycles. The highest BCUT2D eigenvalue weighted by Crippen LogP contribution is 2.44. The largest absolute Gasteiger partial charge is 0.493 e. The van der Waals surface area contributed by atoms with E-state index in [0.29, 0.717) is 30.3 Å². The molecule has 158 valence electrons. The van der Waals surface area contributed by atoms with Crippen molar-refractivity contribution >= 4 is 27.7 Å². The van der Waals surface area contributed by atoms with Gasteiger partial charge in [-0.1, -0.05) is 34.1 Å². The van der Waals surface area contributed by atoms with Crippen LogP contribution in [-0.4, -0.2) is 34.8 Å². The lowest BCUT2D eigenvalue weighted by Gasteiger charge is -2.35. The summed E-state index contributed by atoms with van der Waals surface area (Å²) in [5.74, 6) is 2.14. The first-order chi connectivity index (χ1) is 15.1. The third kappa shape index (κ3) is 3.40. The fourth-order valence-electron chi connectivity index (χ4n) is 4.45. The van der Waals surface area contributed by atoms with E-state index in [0.717, 1.165) is 26.9 Å². The SMILES string of the molecule is COc1ccc([C@@H]2CC(=O)C3=C(C2)Nc2ncnn2[C@@H]3c2ccc(Br)cc2)cc1OC. The van der Waals surface area contributed by atoms with Gasteiger partial charge in [0.05, 0.1) is 14.2 Å². The van der Waals surface area contributed by atoms with Gasteiger partial charge in [-0.25, -0.2) is 4.68 Å². The molecule has 8 heteroatoms. The number of carbonyl (C=O) groups excluding carboxylic acids is 1. The first-order valence-electron chi connectivity index (χ1n) is 9.99. The Morgan fingerprint density at radius 2 is 1.77 bits per heavy atom. The van der Waals surface area contributed by atoms with E-state index in [2.05, 4.69) is 31.3 Å². The highest BCUT2D eigenvalue weighted by molar-refractivity contribution is 9.10. The number of Topliss-reactive ketones (excluding diaryl/α,β-unsaturated/α-hetero) is 1. The van der Waals surface area contributed by atoms with Crippen LogP contribution < -0.4 is 14.8 Å². The maximum absolute atomic E-state index is 13.4. The highest BCUT2D eigenvalue weighted by atomic mass is 79.9.